The van der Waals surface area contributed by atoms with E-state index in [1.807, 2.05) is 0 Å². The van der Waals surface area contributed by atoms with Crippen LogP contribution in [0.4, 0.5) is 0 Å². The Balaban J connectivity index is 2.07. The molecule has 2 heterocycles. The zero-order chi connectivity index (χ0) is 14.7. The molecule has 0 spiro atoms. The monoisotopic (exact) mass is 297 g/mol. The van der Waals surface area contributed by atoms with Crippen LogP contribution in [0.3, 0.4) is 0 Å². The van der Waals surface area contributed by atoms with Crippen LogP contribution in [-0.2, 0) is 22.4 Å². The van der Waals surface area contributed by atoms with Crippen molar-refractivity contribution >= 4 is 23.2 Å². The molecular formula is C13H19N3O3S. The molecule has 0 saturated heterocycles. The van der Waals surface area contributed by atoms with Gasteiger partial charge in [0.05, 0.1) is 5.69 Å². The maximum atomic E-state index is 11.9. The summed E-state index contributed by atoms with van der Waals surface area (Å²) in [4.78, 5) is 32.6. The number of ether oxygens (including phenoxy) is 1. The van der Waals surface area contributed by atoms with Crippen molar-refractivity contribution in [2.45, 2.75) is 12.8 Å². The number of hydrogen-bond acceptors (Lipinski definition) is 5. The fraction of sp³-hybridized carbons (Fsp3) is 0.615. The Hall–Kier alpha value is -1.47. The molecule has 20 heavy (non-hydrogen) atoms. The predicted molar refractivity (Wildman–Crippen MR) is 76.0 cm³/mol. The van der Waals surface area contributed by atoms with Gasteiger partial charge in [0.15, 0.2) is 5.01 Å². The van der Waals surface area contributed by atoms with Crippen molar-refractivity contribution in [3.8, 4) is 0 Å². The van der Waals surface area contributed by atoms with Gasteiger partial charge in [-0.15, -0.1) is 11.3 Å². The van der Waals surface area contributed by atoms with E-state index in [2.05, 4.69) is 4.98 Å². The largest absolute Gasteiger partial charge is 0.375 e. The van der Waals surface area contributed by atoms with Gasteiger partial charge in [0.1, 0.15) is 6.61 Å². The molecule has 0 aromatic carbocycles. The van der Waals surface area contributed by atoms with Crippen molar-refractivity contribution in [1.29, 1.82) is 0 Å². The number of fused-ring (bicyclic) bond motifs is 1. The van der Waals surface area contributed by atoms with Crippen molar-refractivity contribution in [1.82, 2.24) is 14.8 Å². The number of carbonyl (C=O) groups excluding carboxylic acids is 2. The topological polar surface area (TPSA) is 62.7 Å². The quantitative estimate of drug-likeness (QED) is 0.811. The first kappa shape index (κ1) is 14.9. The second kappa shape index (κ2) is 6.32. The highest BCUT2D eigenvalue weighted by Gasteiger charge is 2.23. The first-order chi connectivity index (χ1) is 9.52. The maximum absolute atomic E-state index is 11.9. The molecule has 7 heteroatoms. The number of amides is 2. The summed E-state index contributed by atoms with van der Waals surface area (Å²) in [5.41, 5.74) is 0.952. The standard InChI is InChI=1S/C13H19N3O3S/c1-15(2)13(18)12-14-9-4-6-16(11(17)8-19-3)7-5-10(9)20-12/h4-8H2,1-3H3. The highest BCUT2D eigenvalue weighted by Crippen LogP contribution is 2.23. The Bertz CT molecular complexity index is 487. The van der Waals surface area contributed by atoms with Gasteiger partial charge in [-0.3, -0.25) is 9.59 Å². The minimum atomic E-state index is -0.0598. The van der Waals surface area contributed by atoms with E-state index >= 15 is 0 Å². The molecule has 0 aliphatic carbocycles. The summed E-state index contributed by atoms with van der Waals surface area (Å²) in [5, 5.41) is 0.539. The van der Waals surface area contributed by atoms with E-state index in [0.29, 0.717) is 24.5 Å². The predicted octanol–water partition coefficient (Wildman–Crippen LogP) is 0.419. The first-order valence-electron chi connectivity index (χ1n) is 6.50. The van der Waals surface area contributed by atoms with Crippen LogP contribution in [0.1, 0.15) is 20.4 Å². The number of hydrogen-bond donors (Lipinski definition) is 0. The van der Waals surface area contributed by atoms with Crippen LogP contribution < -0.4 is 0 Å². The number of aromatic nitrogens is 1. The average Bonchev–Trinajstić information content (AvgIpc) is 2.71. The van der Waals surface area contributed by atoms with Gasteiger partial charge in [0.2, 0.25) is 5.91 Å². The van der Waals surface area contributed by atoms with Gasteiger partial charge in [-0.25, -0.2) is 4.98 Å². The van der Waals surface area contributed by atoms with Crippen LogP contribution in [0.2, 0.25) is 0 Å². The molecule has 1 aliphatic rings. The number of thiazole rings is 1. The van der Waals surface area contributed by atoms with Crippen LogP contribution in [0.5, 0.6) is 0 Å². The maximum Gasteiger partial charge on any atom is 0.282 e. The molecular weight excluding hydrogens is 278 g/mol. The lowest BCUT2D eigenvalue weighted by molar-refractivity contribution is -0.135. The lowest BCUT2D eigenvalue weighted by Gasteiger charge is -2.19. The Labute approximate surface area is 122 Å². The third-order valence-electron chi connectivity index (χ3n) is 3.22. The van der Waals surface area contributed by atoms with Gasteiger partial charge >= 0.3 is 0 Å². The minimum Gasteiger partial charge on any atom is -0.375 e. The second-order valence-corrected chi connectivity index (χ2v) is 5.99. The zero-order valence-corrected chi connectivity index (χ0v) is 12.8. The summed E-state index contributed by atoms with van der Waals surface area (Å²) < 4.78 is 4.88. The Kier molecular flexibility index (Phi) is 4.72. The van der Waals surface area contributed by atoms with Gasteiger partial charge in [0.25, 0.3) is 5.91 Å². The van der Waals surface area contributed by atoms with E-state index < -0.39 is 0 Å². The van der Waals surface area contributed by atoms with Crippen LogP contribution in [0.25, 0.3) is 0 Å². The number of nitrogens with zero attached hydrogens (tertiary/aromatic N) is 3. The third-order valence-corrected chi connectivity index (χ3v) is 4.36. The third kappa shape index (κ3) is 3.16. The van der Waals surface area contributed by atoms with Crippen LogP contribution in [0.15, 0.2) is 0 Å². The smallest absolute Gasteiger partial charge is 0.282 e. The Morgan fingerprint density at radius 3 is 2.70 bits per heavy atom. The minimum absolute atomic E-state index is 0.00671. The van der Waals surface area contributed by atoms with Gasteiger partial charge < -0.3 is 14.5 Å². The van der Waals surface area contributed by atoms with Crippen molar-refractivity contribution in [2.24, 2.45) is 0 Å². The van der Waals surface area contributed by atoms with E-state index in [-0.39, 0.29) is 18.4 Å². The van der Waals surface area contributed by atoms with Crippen LogP contribution in [0, 0.1) is 0 Å². The van der Waals surface area contributed by atoms with Crippen molar-refractivity contribution in [3.63, 3.8) is 0 Å². The Morgan fingerprint density at radius 1 is 1.35 bits per heavy atom. The number of rotatable bonds is 3. The molecule has 110 valence electrons. The molecule has 1 aromatic heterocycles. The van der Waals surface area contributed by atoms with Crippen LogP contribution in [-0.4, -0.2) is 67.5 Å². The van der Waals surface area contributed by atoms with E-state index in [1.54, 1.807) is 19.0 Å². The molecule has 0 unspecified atom stereocenters. The molecule has 2 rings (SSSR count). The summed E-state index contributed by atoms with van der Waals surface area (Å²) in [5.74, 6) is -0.0531. The molecule has 0 fully saturated rings. The van der Waals surface area contributed by atoms with E-state index in [1.165, 1.54) is 23.3 Å². The molecule has 0 radical (unpaired) electrons. The Morgan fingerprint density at radius 2 is 2.05 bits per heavy atom. The summed E-state index contributed by atoms with van der Waals surface area (Å²) in [7, 11) is 4.97. The van der Waals surface area contributed by atoms with Crippen molar-refractivity contribution in [3.05, 3.63) is 15.6 Å². The fourth-order valence-electron chi connectivity index (χ4n) is 2.11. The lowest BCUT2D eigenvalue weighted by Crippen LogP contribution is -2.35. The highest BCUT2D eigenvalue weighted by molar-refractivity contribution is 7.13. The molecule has 0 atom stereocenters. The van der Waals surface area contributed by atoms with Crippen molar-refractivity contribution in [2.75, 3.05) is 40.9 Å². The van der Waals surface area contributed by atoms with Gasteiger partial charge in [0, 0.05) is 52.0 Å². The summed E-state index contributed by atoms with van der Waals surface area (Å²) in [6.07, 6.45) is 1.45. The highest BCUT2D eigenvalue weighted by atomic mass is 32.1. The van der Waals surface area contributed by atoms with Crippen molar-refractivity contribution < 1.29 is 14.3 Å². The van der Waals surface area contributed by atoms with Gasteiger partial charge in [-0.2, -0.15) is 0 Å². The summed E-state index contributed by atoms with van der Waals surface area (Å²) >= 11 is 1.44. The molecule has 0 N–H and O–H groups in total. The van der Waals surface area contributed by atoms with Crippen LogP contribution >= 0.6 is 11.3 Å². The van der Waals surface area contributed by atoms with E-state index in [4.69, 9.17) is 4.74 Å². The first-order valence-corrected chi connectivity index (χ1v) is 7.31. The summed E-state index contributed by atoms with van der Waals surface area (Å²) in [6.45, 7) is 1.41. The molecule has 2 amide bonds. The van der Waals surface area contributed by atoms with Gasteiger partial charge in [-0.1, -0.05) is 0 Å². The second-order valence-electron chi connectivity index (χ2n) is 4.90. The van der Waals surface area contributed by atoms with Gasteiger partial charge in [-0.05, 0) is 0 Å². The SMILES string of the molecule is COCC(=O)N1CCc2nc(C(=O)N(C)C)sc2CC1. The average molecular weight is 297 g/mol. The fourth-order valence-corrected chi connectivity index (χ4v) is 3.23. The molecule has 0 bridgehead atoms. The number of carbonyl (C=O) groups is 2. The zero-order valence-electron chi connectivity index (χ0n) is 12.0. The normalized spacial score (nSPS) is 14.7. The van der Waals surface area contributed by atoms with E-state index in [0.717, 1.165) is 17.0 Å². The molecule has 1 aromatic rings. The molecule has 6 nitrogen and oxygen atoms in total. The number of methoxy groups -OCH3 is 1. The molecule has 1 aliphatic heterocycles. The molecule has 0 saturated carbocycles. The summed E-state index contributed by atoms with van der Waals surface area (Å²) in [6, 6.07) is 0. The van der Waals surface area contributed by atoms with E-state index in [9.17, 15) is 9.59 Å². The lowest BCUT2D eigenvalue weighted by atomic mass is 10.2.